The van der Waals surface area contributed by atoms with E-state index in [0.717, 1.165) is 37.4 Å². The third-order valence-corrected chi connectivity index (χ3v) is 5.47. The number of nitrogens with two attached hydrogens (primary N) is 1. The van der Waals surface area contributed by atoms with Gasteiger partial charge >= 0.3 is 6.18 Å². The molecule has 0 aromatic carbocycles. The first-order valence-corrected chi connectivity index (χ1v) is 11.2. The molecule has 0 unspecified atom stereocenters. The number of pyridine rings is 1. The molecule has 0 atom stereocenters. The van der Waals surface area contributed by atoms with Crippen LogP contribution in [0.1, 0.15) is 68.8 Å². The van der Waals surface area contributed by atoms with E-state index in [9.17, 15) is 13.2 Å². The summed E-state index contributed by atoms with van der Waals surface area (Å²) in [6.45, 7) is 4.33. The van der Waals surface area contributed by atoms with Gasteiger partial charge in [0.2, 0.25) is 0 Å². The molecule has 4 nitrogen and oxygen atoms in total. The monoisotopic (exact) mass is 444 g/mol. The minimum atomic E-state index is -4.35. The van der Waals surface area contributed by atoms with Crippen LogP contribution in [0.3, 0.4) is 0 Å². The number of halogens is 3. The lowest BCUT2D eigenvalue weighted by atomic mass is 10.0. The summed E-state index contributed by atoms with van der Waals surface area (Å²) in [5, 5.41) is 4.47. The highest BCUT2D eigenvalue weighted by molar-refractivity contribution is 5.74. The van der Waals surface area contributed by atoms with Crippen LogP contribution in [0.2, 0.25) is 0 Å². The predicted octanol–water partition coefficient (Wildman–Crippen LogP) is 6.62. The van der Waals surface area contributed by atoms with E-state index in [4.69, 9.17) is 5.73 Å². The molecule has 1 fully saturated rings. The van der Waals surface area contributed by atoms with E-state index in [1.807, 2.05) is 22.9 Å². The molecule has 7 heteroatoms. The van der Waals surface area contributed by atoms with Crippen molar-refractivity contribution in [3.8, 4) is 0 Å². The van der Waals surface area contributed by atoms with Gasteiger partial charge < -0.3 is 5.73 Å². The third kappa shape index (κ3) is 6.58. The van der Waals surface area contributed by atoms with Crippen molar-refractivity contribution in [2.75, 3.05) is 5.73 Å². The second-order valence-electron chi connectivity index (χ2n) is 8.15. The van der Waals surface area contributed by atoms with Crippen LogP contribution in [0.4, 0.5) is 19.0 Å². The number of anilines is 1. The van der Waals surface area contributed by atoms with Crippen molar-refractivity contribution >= 4 is 11.4 Å². The van der Waals surface area contributed by atoms with Crippen LogP contribution in [-0.4, -0.2) is 20.9 Å². The van der Waals surface area contributed by atoms with Crippen molar-refractivity contribution in [3.63, 3.8) is 0 Å². The number of hydrogen-bond acceptors (Lipinski definition) is 3. The van der Waals surface area contributed by atoms with Gasteiger partial charge in [0.1, 0.15) is 5.82 Å². The fraction of sp³-hybridized carbons (Fsp3) is 0.440. The molecule has 0 amide bonds. The Hall–Kier alpha value is -2.83. The highest BCUT2D eigenvalue weighted by Gasteiger charge is 2.32. The predicted molar refractivity (Wildman–Crippen MR) is 123 cm³/mol. The number of hydrogen-bond donors (Lipinski definition) is 1. The van der Waals surface area contributed by atoms with Crippen molar-refractivity contribution in [3.05, 3.63) is 71.2 Å². The molecule has 1 aliphatic heterocycles. The minimum absolute atomic E-state index is 0.341. The average Bonchev–Trinajstić information content (AvgIpc) is 3.51. The molecule has 32 heavy (non-hydrogen) atoms. The van der Waals surface area contributed by atoms with E-state index in [0.29, 0.717) is 23.5 Å². The number of fused-ring (bicyclic) bond motifs is 1. The van der Waals surface area contributed by atoms with Crippen LogP contribution >= 0.6 is 0 Å². The van der Waals surface area contributed by atoms with Crippen LogP contribution in [-0.2, 0) is 13.0 Å². The molecule has 1 aliphatic carbocycles. The van der Waals surface area contributed by atoms with Gasteiger partial charge in [-0.3, -0.25) is 4.68 Å². The van der Waals surface area contributed by atoms with Crippen LogP contribution in [0, 0.1) is 0 Å². The summed E-state index contributed by atoms with van der Waals surface area (Å²) in [6.07, 6.45) is 9.36. The Morgan fingerprint density at radius 3 is 2.62 bits per heavy atom. The van der Waals surface area contributed by atoms with E-state index in [2.05, 4.69) is 10.1 Å². The van der Waals surface area contributed by atoms with Crippen LogP contribution in [0.5, 0.6) is 0 Å². The van der Waals surface area contributed by atoms with E-state index in [1.165, 1.54) is 30.6 Å². The number of allylic oxidation sites excluding steroid dienone is 6. The summed E-state index contributed by atoms with van der Waals surface area (Å²) < 4.78 is 41.2. The van der Waals surface area contributed by atoms with Gasteiger partial charge in [-0.1, -0.05) is 25.2 Å². The van der Waals surface area contributed by atoms with E-state index >= 15 is 0 Å². The second-order valence-corrected chi connectivity index (χ2v) is 8.15. The molecule has 2 aromatic rings. The maximum Gasteiger partial charge on any atom is 0.416 e. The Morgan fingerprint density at radius 2 is 2.03 bits per heavy atom. The van der Waals surface area contributed by atoms with Gasteiger partial charge in [0.05, 0.1) is 11.3 Å². The van der Waals surface area contributed by atoms with Crippen molar-refractivity contribution in [1.82, 2.24) is 14.8 Å². The zero-order chi connectivity index (χ0) is 23.1. The first-order valence-electron chi connectivity index (χ1n) is 11.2. The summed E-state index contributed by atoms with van der Waals surface area (Å²) in [6, 6.07) is 5.93. The maximum atomic E-state index is 13.1. The molecule has 172 valence electrons. The fourth-order valence-electron chi connectivity index (χ4n) is 3.73. The Bertz CT molecular complexity index is 971. The van der Waals surface area contributed by atoms with Crippen molar-refractivity contribution in [2.45, 2.75) is 71.0 Å². The van der Waals surface area contributed by atoms with Crippen LogP contribution in [0.25, 0.3) is 5.57 Å². The molecular weight excluding hydrogens is 413 g/mol. The lowest BCUT2D eigenvalue weighted by Crippen LogP contribution is -2.11. The van der Waals surface area contributed by atoms with Crippen molar-refractivity contribution in [1.29, 1.82) is 0 Å². The Kier molecular flexibility index (Phi) is 7.94. The van der Waals surface area contributed by atoms with Gasteiger partial charge in [-0.25, -0.2) is 4.98 Å². The molecule has 1 saturated carbocycles. The lowest BCUT2D eigenvalue weighted by Gasteiger charge is -2.11. The highest BCUT2D eigenvalue weighted by atomic mass is 19.4. The first-order chi connectivity index (χ1) is 15.3. The SMILES string of the molecule is C\C=C/C(=C\C(=C\CC)C(F)(F)F)c1cc2n(n1)CCCC2.Nc1cc(C2CC2)ccn1. The van der Waals surface area contributed by atoms with E-state index in [-0.39, 0.29) is 0 Å². The fourth-order valence-corrected chi connectivity index (χ4v) is 3.73. The number of nitrogen functional groups attached to an aromatic ring is 1. The number of nitrogens with zero attached hydrogens (tertiary/aromatic N) is 3. The number of aryl methyl sites for hydroxylation is 2. The second kappa shape index (κ2) is 10.7. The quantitative estimate of drug-likeness (QED) is 0.527. The van der Waals surface area contributed by atoms with Crippen LogP contribution < -0.4 is 5.73 Å². The molecule has 2 aromatic heterocycles. The minimum Gasteiger partial charge on any atom is -0.384 e. The summed E-state index contributed by atoms with van der Waals surface area (Å²) >= 11 is 0. The van der Waals surface area contributed by atoms with Gasteiger partial charge in [0, 0.05) is 24.0 Å². The summed E-state index contributed by atoms with van der Waals surface area (Å²) in [5.41, 5.74) is 8.47. The zero-order valence-corrected chi connectivity index (χ0v) is 18.7. The Labute approximate surface area is 187 Å². The number of rotatable bonds is 5. The molecular formula is C25H31F3N4. The molecule has 0 spiro atoms. The molecule has 0 bridgehead atoms. The molecule has 0 saturated heterocycles. The topological polar surface area (TPSA) is 56.7 Å². The van der Waals surface area contributed by atoms with Gasteiger partial charge in [-0.2, -0.15) is 18.3 Å². The number of alkyl halides is 3. The zero-order valence-electron chi connectivity index (χ0n) is 18.7. The highest BCUT2D eigenvalue weighted by Crippen LogP contribution is 2.40. The van der Waals surface area contributed by atoms with Crippen molar-refractivity contribution in [2.24, 2.45) is 0 Å². The molecule has 0 radical (unpaired) electrons. The van der Waals surface area contributed by atoms with E-state index < -0.39 is 11.7 Å². The third-order valence-electron chi connectivity index (χ3n) is 5.47. The lowest BCUT2D eigenvalue weighted by molar-refractivity contribution is -0.0883. The Morgan fingerprint density at radius 1 is 1.25 bits per heavy atom. The standard InChI is InChI=1S/C17H21F3N2.C8H10N2/c1-3-7-13(11-14(8-4-2)17(18,19)20)16-12-15-9-5-6-10-22(15)21-16;9-8-5-7(3-4-10-8)6-1-2-6/h3,7-8,11-12H,4-6,9-10H2,1-2H3;3-6H,1-2H2,(H2,9,10)/b7-3-,13-11+,14-8-;. The van der Waals surface area contributed by atoms with Gasteiger partial charge in [0.25, 0.3) is 0 Å². The molecule has 2 N–H and O–H groups in total. The normalized spacial score (nSPS) is 17.2. The van der Waals surface area contributed by atoms with Gasteiger partial charge in [0.15, 0.2) is 0 Å². The smallest absolute Gasteiger partial charge is 0.384 e. The maximum absolute atomic E-state index is 13.1. The van der Waals surface area contributed by atoms with Gasteiger partial charge in [-0.15, -0.1) is 0 Å². The first kappa shape index (κ1) is 23.8. The summed E-state index contributed by atoms with van der Waals surface area (Å²) in [5.74, 6) is 1.43. The largest absolute Gasteiger partial charge is 0.416 e. The Balaban J connectivity index is 0.000000238. The van der Waals surface area contributed by atoms with Gasteiger partial charge in [-0.05, 0) is 81.2 Å². The number of aromatic nitrogens is 3. The van der Waals surface area contributed by atoms with Crippen LogP contribution in [0.15, 0.2) is 54.3 Å². The summed E-state index contributed by atoms with van der Waals surface area (Å²) in [4.78, 5) is 3.93. The average molecular weight is 445 g/mol. The molecule has 4 rings (SSSR count). The molecule has 2 aliphatic rings. The molecule has 3 heterocycles. The van der Waals surface area contributed by atoms with E-state index in [1.54, 1.807) is 32.2 Å². The van der Waals surface area contributed by atoms with Crippen molar-refractivity contribution < 1.29 is 13.2 Å². The summed E-state index contributed by atoms with van der Waals surface area (Å²) in [7, 11) is 0.